The Kier molecular flexibility index (Phi) is 5.45. The molecule has 0 aliphatic carbocycles. The van der Waals surface area contributed by atoms with Crippen LogP contribution in [0.1, 0.15) is 24.1 Å². The fraction of sp³-hybridized carbons (Fsp3) is 0.238. The summed E-state index contributed by atoms with van der Waals surface area (Å²) >= 11 is 0. The molecule has 0 saturated heterocycles. The summed E-state index contributed by atoms with van der Waals surface area (Å²) < 4.78 is 0. The van der Waals surface area contributed by atoms with Crippen LogP contribution in [0.3, 0.4) is 0 Å². The first-order valence-corrected chi connectivity index (χ1v) is 8.83. The largest absolute Gasteiger partial charge is 0.465 e. The number of aromatic nitrogens is 1. The Hall–Kier alpha value is -3.28. The lowest BCUT2D eigenvalue weighted by Crippen LogP contribution is -2.49. The highest BCUT2D eigenvalue weighted by molar-refractivity contribution is 5.88. The van der Waals surface area contributed by atoms with Crippen molar-refractivity contribution in [2.24, 2.45) is 0 Å². The Morgan fingerprint density at radius 2 is 1.78 bits per heavy atom. The van der Waals surface area contributed by atoms with Crippen molar-refractivity contribution in [2.75, 3.05) is 7.05 Å². The Morgan fingerprint density at radius 3 is 2.48 bits per heavy atom. The zero-order valence-electron chi connectivity index (χ0n) is 15.3. The van der Waals surface area contributed by atoms with Crippen molar-refractivity contribution in [1.29, 1.82) is 0 Å². The highest BCUT2D eigenvalue weighted by atomic mass is 16.4. The number of carbonyl (C=O) groups is 2. The molecule has 2 atom stereocenters. The van der Waals surface area contributed by atoms with Gasteiger partial charge in [-0.25, -0.2) is 4.79 Å². The predicted octanol–water partition coefficient (Wildman–Crippen LogP) is 3.57. The quantitative estimate of drug-likeness (QED) is 0.624. The van der Waals surface area contributed by atoms with E-state index in [1.54, 1.807) is 0 Å². The first-order chi connectivity index (χ1) is 13.0. The summed E-state index contributed by atoms with van der Waals surface area (Å²) in [6.45, 7) is 1.89. The van der Waals surface area contributed by atoms with Gasteiger partial charge in [0.1, 0.15) is 6.04 Å². The van der Waals surface area contributed by atoms with Gasteiger partial charge in [0.15, 0.2) is 0 Å². The normalized spacial score (nSPS) is 13.1. The summed E-state index contributed by atoms with van der Waals surface area (Å²) in [6, 6.07) is 16.3. The second kappa shape index (κ2) is 7.95. The number of nitrogens with one attached hydrogen (secondary N) is 2. The first-order valence-electron chi connectivity index (χ1n) is 8.83. The van der Waals surface area contributed by atoms with Gasteiger partial charge >= 0.3 is 6.09 Å². The van der Waals surface area contributed by atoms with Gasteiger partial charge in [0.2, 0.25) is 5.91 Å². The number of H-pyrrole nitrogens is 1. The molecule has 6 nitrogen and oxygen atoms in total. The van der Waals surface area contributed by atoms with Crippen molar-refractivity contribution in [3.8, 4) is 0 Å². The third-order valence-electron chi connectivity index (χ3n) is 4.82. The molecule has 3 N–H and O–H groups in total. The van der Waals surface area contributed by atoms with Crippen molar-refractivity contribution in [3.63, 3.8) is 0 Å². The van der Waals surface area contributed by atoms with Gasteiger partial charge in [-0.15, -0.1) is 0 Å². The topological polar surface area (TPSA) is 85.4 Å². The van der Waals surface area contributed by atoms with E-state index in [4.69, 9.17) is 0 Å². The van der Waals surface area contributed by atoms with Crippen LogP contribution in [0.25, 0.3) is 10.9 Å². The van der Waals surface area contributed by atoms with Crippen LogP contribution in [0.15, 0.2) is 60.8 Å². The Balaban J connectivity index is 1.82. The number of hydrogen-bond donors (Lipinski definition) is 3. The number of amides is 2. The Bertz CT molecular complexity index is 936. The summed E-state index contributed by atoms with van der Waals surface area (Å²) in [5.74, 6) is -0.318. The van der Waals surface area contributed by atoms with Crippen LogP contribution >= 0.6 is 0 Å². The fourth-order valence-corrected chi connectivity index (χ4v) is 3.18. The number of likely N-dealkylation sites (N-methyl/N-ethyl adjacent to an activating group) is 1. The van der Waals surface area contributed by atoms with E-state index in [1.807, 2.05) is 67.7 Å². The minimum absolute atomic E-state index is 0.216. The van der Waals surface area contributed by atoms with Crippen LogP contribution in [0.4, 0.5) is 4.79 Å². The minimum atomic E-state index is -1.14. The SMILES string of the molecule is CC(NC(=O)C(Cc1c[nH]c2ccccc12)N(C)C(=O)O)c1ccccc1. The van der Waals surface area contributed by atoms with Crippen LogP contribution in [0.2, 0.25) is 0 Å². The number of para-hydroxylation sites is 1. The van der Waals surface area contributed by atoms with Gasteiger partial charge in [-0.3, -0.25) is 9.69 Å². The number of aromatic amines is 1. The molecule has 2 unspecified atom stereocenters. The first kappa shape index (κ1) is 18.5. The molecule has 3 rings (SSSR count). The van der Waals surface area contributed by atoms with Gasteiger partial charge in [-0.2, -0.15) is 0 Å². The molecule has 1 aromatic heterocycles. The molecule has 140 valence electrons. The van der Waals surface area contributed by atoms with Crippen molar-refractivity contribution in [3.05, 3.63) is 71.9 Å². The smallest absolute Gasteiger partial charge is 0.407 e. The van der Waals surface area contributed by atoms with E-state index in [2.05, 4.69) is 10.3 Å². The number of rotatable bonds is 6. The van der Waals surface area contributed by atoms with E-state index in [9.17, 15) is 14.7 Å². The van der Waals surface area contributed by atoms with Gasteiger partial charge < -0.3 is 15.4 Å². The predicted molar refractivity (Wildman–Crippen MR) is 105 cm³/mol. The molecule has 1 heterocycles. The molecule has 2 amide bonds. The molecule has 0 aliphatic rings. The molecule has 0 fully saturated rings. The monoisotopic (exact) mass is 365 g/mol. The number of carbonyl (C=O) groups excluding carboxylic acids is 1. The van der Waals surface area contributed by atoms with E-state index < -0.39 is 12.1 Å². The average molecular weight is 365 g/mol. The Labute approximate surface area is 157 Å². The summed E-state index contributed by atoms with van der Waals surface area (Å²) in [4.78, 5) is 28.7. The van der Waals surface area contributed by atoms with Crippen LogP contribution in [0, 0.1) is 0 Å². The molecule has 0 bridgehead atoms. The standard InChI is InChI=1S/C21H23N3O3/c1-14(15-8-4-3-5-9-15)23-20(25)19(24(2)21(26)27)12-16-13-22-18-11-7-6-10-17(16)18/h3-11,13-14,19,22H,12H2,1-2H3,(H,23,25)(H,26,27). The second-order valence-corrected chi connectivity index (χ2v) is 6.61. The minimum Gasteiger partial charge on any atom is -0.465 e. The lowest BCUT2D eigenvalue weighted by Gasteiger charge is -2.26. The maximum Gasteiger partial charge on any atom is 0.407 e. The third-order valence-corrected chi connectivity index (χ3v) is 4.82. The lowest BCUT2D eigenvalue weighted by atomic mass is 10.0. The average Bonchev–Trinajstić information content (AvgIpc) is 3.09. The van der Waals surface area contributed by atoms with Gasteiger partial charge in [0.25, 0.3) is 0 Å². The molecular weight excluding hydrogens is 342 g/mol. The van der Waals surface area contributed by atoms with Crippen LogP contribution in [-0.2, 0) is 11.2 Å². The number of carboxylic acid groups (broad SMARTS) is 1. The maximum atomic E-state index is 12.9. The van der Waals surface area contributed by atoms with Crippen molar-refractivity contribution < 1.29 is 14.7 Å². The molecule has 3 aromatic rings. The summed E-state index contributed by atoms with van der Waals surface area (Å²) in [7, 11) is 1.43. The zero-order valence-corrected chi connectivity index (χ0v) is 15.3. The van der Waals surface area contributed by atoms with E-state index >= 15 is 0 Å². The zero-order chi connectivity index (χ0) is 19.4. The van der Waals surface area contributed by atoms with E-state index in [1.165, 1.54) is 7.05 Å². The van der Waals surface area contributed by atoms with E-state index in [0.717, 1.165) is 26.9 Å². The number of nitrogens with zero attached hydrogens (tertiary/aromatic N) is 1. The molecule has 0 aliphatic heterocycles. The van der Waals surface area contributed by atoms with Gasteiger partial charge in [-0.1, -0.05) is 48.5 Å². The summed E-state index contributed by atoms with van der Waals surface area (Å²) in [6.07, 6.45) is 0.990. The molecule has 0 spiro atoms. The van der Waals surface area contributed by atoms with Crippen molar-refractivity contribution in [1.82, 2.24) is 15.2 Å². The molecule has 0 radical (unpaired) electrons. The highest BCUT2D eigenvalue weighted by Crippen LogP contribution is 2.21. The van der Waals surface area contributed by atoms with E-state index in [-0.39, 0.29) is 11.9 Å². The number of benzene rings is 2. The molecular formula is C21H23N3O3. The van der Waals surface area contributed by atoms with Crippen LogP contribution < -0.4 is 5.32 Å². The highest BCUT2D eigenvalue weighted by Gasteiger charge is 2.29. The van der Waals surface area contributed by atoms with Crippen LogP contribution in [-0.4, -0.2) is 40.1 Å². The number of fused-ring (bicyclic) bond motifs is 1. The lowest BCUT2D eigenvalue weighted by molar-refractivity contribution is -0.126. The van der Waals surface area contributed by atoms with Gasteiger partial charge in [-0.05, 0) is 24.1 Å². The molecule has 27 heavy (non-hydrogen) atoms. The van der Waals surface area contributed by atoms with Gasteiger partial charge in [0.05, 0.1) is 6.04 Å². The van der Waals surface area contributed by atoms with Crippen molar-refractivity contribution in [2.45, 2.75) is 25.4 Å². The summed E-state index contributed by atoms with van der Waals surface area (Å²) in [5, 5.41) is 13.4. The number of hydrogen-bond acceptors (Lipinski definition) is 2. The Morgan fingerprint density at radius 1 is 1.11 bits per heavy atom. The fourth-order valence-electron chi connectivity index (χ4n) is 3.18. The molecule has 2 aromatic carbocycles. The van der Waals surface area contributed by atoms with Gasteiger partial charge in [0, 0.05) is 30.6 Å². The molecule has 0 saturated carbocycles. The maximum absolute atomic E-state index is 12.9. The molecule has 6 heteroatoms. The second-order valence-electron chi connectivity index (χ2n) is 6.61. The van der Waals surface area contributed by atoms with Crippen molar-refractivity contribution >= 4 is 22.9 Å². The third kappa shape index (κ3) is 4.11. The summed E-state index contributed by atoms with van der Waals surface area (Å²) in [5.41, 5.74) is 2.84. The van der Waals surface area contributed by atoms with E-state index in [0.29, 0.717) is 6.42 Å². The van der Waals surface area contributed by atoms with Crippen LogP contribution in [0.5, 0.6) is 0 Å².